The fraction of sp³-hybridized carbons (Fsp3) is 0.176. The lowest BCUT2D eigenvalue weighted by molar-refractivity contribution is -0.141. The van der Waals surface area contributed by atoms with Crippen LogP contribution in [0.1, 0.15) is 0 Å². The summed E-state index contributed by atoms with van der Waals surface area (Å²) in [6.07, 6.45) is 0. The Kier molecular flexibility index (Phi) is 5.10. The Morgan fingerprint density at radius 1 is 1.15 bits per heavy atom. The lowest BCUT2D eigenvalue weighted by Crippen LogP contribution is -2.22. The van der Waals surface area contributed by atoms with Gasteiger partial charge in [0.25, 0.3) is 10.0 Å². The van der Waals surface area contributed by atoms with Gasteiger partial charge in [-0.3, -0.25) is 4.79 Å². The van der Waals surface area contributed by atoms with Gasteiger partial charge in [0.1, 0.15) is 12.3 Å². The number of benzene rings is 2. The van der Waals surface area contributed by atoms with Crippen molar-refractivity contribution >= 4 is 37.5 Å². The van der Waals surface area contributed by atoms with Crippen molar-refractivity contribution in [2.24, 2.45) is 4.40 Å². The number of hydrogen-bond donors (Lipinski definition) is 0. The monoisotopic (exact) mass is 392 g/mol. The number of fused-ring (bicyclic) bond motifs is 1. The van der Waals surface area contributed by atoms with Gasteiger partial charge < -0.3 is 14.0 Å². The first-order valence-corrected chi connectivity index (χ1v) is 9.80. The van der Waals surface area contributed by atoms with Gasteiger partial charge in [0.2, 0.25) is 4.80 Å². The van der Waals surface area contributed by atoms with E-state index in [1.54, 1.807) is 43.5 Å². The van der Waals surface area contributed by atoms with Crippen LogP contribution in [0.4, 0.5) is 0 Å². The maximum Gasteiger partial charge on any atom is 0.325 e. The summed E-state index contributed by atoms with van der Waals surface area (Å²) in [5, 5.41) is 0. The van der Waals surface area contributed by atoms with Gasteiger partial charge >= 0.3 is 5.97 Å². The Morgan fingerprint density at radius 2 is 1.88 bits per heavy atom. The number of rotatable bonds is 5. The molecule has 7 nitrogen and oxygen atoms in total. The molecule has 0 saturated heterocycles. The average molecular weight is 392 g/mol. The van der Waals surface area contributed by atoms with E-state index in [-0.39, 0.29) is 16.2 Å². The number of hydrogen-bond acceptors (Lipinski definition) is 6. The molecule has 0 aliphatic carbocycles. The highest BCUT2D eigenvalue weighted by atomic mass is 32.2. The number of esters is 1. The third kappa shape index (κ3) is 3.63. The van der Waals surface area contributed by atoms with Gasteiger partial charge in [-0.2, -0.15) is 8.42 Å². The van der Waals surface area contributed by atoms with Gasteiger partial charge in [-0.1, -0.05) is 29.5 Å². The Hall–Kier alpha value is -2.65. The third-order valence-corrected chi connectivity index (χ3v) is 6.08. The van der Waals surface area contributed by atoms with Gasteiger partial charge in [-0.15, -0.1) is 4.40 Å². The van der Waals surface area contributed by atoms with Crippen LogP contribution in [0.5, 0.6) is 5.75 Å². The molecule has 0 atom stereocenters. The zero-order valence-corrected chi connectivity index (χ0v) is 15.7. The van der Waals surface area contributed by atoms with Gasteiger partial charge in [0.05, 0.1) is 29.3 Å². The van der Waals surface area contributed by atoms with E-state index in [9.17, 15) is 13.2 Å². The van der Waals surface area contributed by atoms with E-state index in [0.29, 0.717) is 11.3 Å². The standard InChI is InChI=1S/C17H16N2O5S2/c1-23-12-8-9-14-15(10-12)25-17(19(14)11-16(20)24-2)18-26(21,22)13-6-4-3-5-7-13/h3-10H,11H2,1-2H3. The van der Waals surface area contributed by atoms with Crippen molar-refractivity contribution in [1.29, 1.82) is 0 Å². The summed E-state index contributed by atoms with van der Waals surface area (Å²) in [4.78, 5) is 12.0. The zero-order valence-electron chi connectivity index (χ0n) is 14.1. The molecular weight excluding hydrogens is 376 g/mol. The van der Waals surface area contributed by atoms with Crippen molar-refractivity contribution < 1.29 is 22.7 Å². The second kappa shape index (κ2) is 7.30. The van der Waals surface area contributed by atoms with Gasteiger partial charge in [-0.25, -0.2) is 0 Å². The lowest BCUT2D eigenvalue weighted by atomic mass is 10.3. The average Bonchev–Trinajstić information content (AvgIpc) is 2.97. The molecule has 0 amide bonds. The van der Waals surface area contributed by atoms with Crippen LogP contribution in [0.3, 0.4) is 0 Å². The molecule has 0 radical (unpaired) electrons. The quantitative estimate of drug-likeness (QED) is 0.621. The predicted molar refractivity (Wildman–Crippen MR) is 97.6 cm³/mol. The van der Waals surface area contributed by atoms with E-state index in [0.717, 1.165) is 16.0 Å². The molecule has 0 fully saturated rings. The maximum atomic E-state index is 12.6. The summed E-state index contributed by atoms with van der Waals surface area (Å²) in [5.41, 5.74) is 0.670. The minimum absolute atomic E-state index is 0.0830. The second-order valence-electron chi connectivity index (χ2n) is 5.26. The predicted octanol–water partition coefficient (Wildman–Crippen LogP) is 2.17. The van der Waals surface area contributed by atoms with Crippen molar-refractivity contribution in [2.75, 3.05) is 14.2 Å². The van der Waals surface area contributed by atoms with E-state index in [1.165, 1.54) is 23.8 Å². The first-order valence-electron chi connectivity index (χ1n) is 7.55. The fourth-order valence-electron chi connectivity index (χ4n) is 2.34. The summed E-state index contributed by atoms with van der Waals surface area (Å²) in [5.74, 6) is 0.125. The molecule has 3 aromatic rings. The van der Waals surface area contributed by atoms with Gasteiger partial charge in [-0.05, 0) is 30.3 Å². The van der Waals surface area contributed by atoms with Crippen LogP contribution in [0.15, 0.2) is 57.8 Å². The highest BCUT2D eigenvalue weighted by molar-refractivity contribution is 7.90. The van der Waals surface area contributed by atoms with Gasteiger partial charge in [0, 0.05) is 0 Å². The van der Waals surface area contributed by atoms with Crippen LogP contribution in [0, 0.1) is 0 Å². The lowest BCUT2D eigenvalue weighted by Gasteiger charge is -2.04. The fourth-order valence-corrected chi connectivity index (χ4v) is 4.63. The maximum absolute atomic E-state index is 12.6. The summed E-state index contributed by atoms with van der Waals surface area (Å²) in [7, 11) is -1.09. The molecule has 0 aliphatic rings. The molecule has 26 heavy (non-hydrogen) atoms. The summed E-state index contributed by atoms with van der Waals surface area (Å²) < 4.78 is 41.3. The molecule has 3 rings (SSSR count). The van der Waals surface area contributed by atoms with Crippen molar-refractivity contribution in [3.8, 4) is 5.75 Å². The topological polar surface area (TPSA) is 87.0 Å². The van der Waals surface area contributed by atoms with Crippen LogP contribution in [0.2, 0.25) is 0 Å². The van der Waals surface area contributed by atoms with Gasteiger partial charge in [0.15, 0.2) is 0 Å². The van der Waals surface area contributed by atoms with Crippen LogP contribution >= 0.6 is 11.3 Å². The Bertz CT molecular complexity index is 1120. The highest BCUT2D eigenvalue weighted by Crippen LogP contribution is 2.23. The number of aromatic nitrogens is 1. The normalized spacial score (nSPS) is 12.3. The van der Waals surface area contributed by atoms with E-state index in [1.807, 2.05) is 0 Å². The highest BCUT2D eigenvalue weighted by Gasteiger charge is 2.16. The molecule has 1 aromatic heterocycles. The summed E-state index contributed by atoms with van der Waals surface area (Å²) in [6.45, 7) is -0.147. The van der Waals surface area contributed by atoms with E-state index < -0.39 is 16.0 Å². The molecule has 0 aliphatic heterocycles. The van der Waals surface area contributed by atoms with E-state index in [4.69, 9.17) is 9.47 Å². The number of ether oxygens (including phenoxy) is 2. The Morgan fingerprint density at radius 3 is 2.54 bits per heavy atom. The molecule has 0 unspecified atom stereocenters. The van der Waals surface area contributed by atoms with Crippen LogP contribution in [-0.2, 0) is 26.1 Å². The zero-order chi connectivity index (χ0) is 18.7. The molecule has 0 spiro atoms. The number of thiazole rings is 1. The number of methoxy groups -OCH3 is 2. The Balaban J connectivity index is 2.23. The molecule has 136 valence electrons. The number of sulfonamides is 1. The molecular formula is C17H16N2O5S2. The van der Waals surface area contributed by atoms with Crippen LogP contribution < -0.4 is 9.54 Å². The summed E-state index contributed by atoms with van der Waals surface area (Å²) in [6, 6.07) is 13.2. The molecule has 0 saturated carbocycles. The van der Waals surface area contributed by atoms with Crippen LogP contribution in [0.25, 0.3) is 10.2 Å². The SMILES string of the molecule is COC(=O)Cn1c(=NS(=O)(=O)c2ccccc2)sc2cc(OC)ccc21. The largest absolute Gasteiger partial charge is 0.497 e. The smallest absolute Gasteiger partial charge is 0.325 e. The molecule has 0 bridgehead atoms. The first-order chi connectivity index (χ1) is 12.4. The van der Waals surface area contributed by atoms with Crippen molar-refractivity contribution in [2.45, 2.75) is 11.4 Å². The van der Waals surface area contributed by atoms with Crippen molar-refractivity contribution in [3.63, 3.8) is 0 Å². The minimum Gasteiger partial charge on any atom is -0.497 e. The van der Waals surface area contributed by atoms with E-state index >= 15 is 0 Å². The second-order valence-corrected chi connectivity index (χ2v) is 7.87. The molecule has 1 heterocycles. The van der Waals surface area contributed by atoms with E-state index in [2.05, 4.69) is 4.40 Å². The number of carbonyl (C=O) groups is 1. The summed E-state index contributed by atoms with van der Waals surface area (Å²) >= 11 is 1.16. The third-order valence-electron chi connectivity index (χ3n) is 3.64. The van der Waals surface area contributed by atoms with Crippen molar-refractivity contribution in [1.82, 2.24) is 4.57 Å². The number of nitrogens with zero attached hydrogens (tertiary/aromatic N) is 2. The Labute approximate surface area is 154 Å². The number of carbonyl (C=O) groups excluding carboxylic acids is 1. The molecule has 0 N–H and O–H groups in total. The minimum atomic E-state index is -3.91. The first kappa shape index (κ1) is 18.2. The van der Waals surface area contributed by atoms with Crippen molar-refractivity contribution in [3.05, 3.63) is 53.3 Å². The molecule has 2 aromatic carbocycles. The van der Waals surface area contributed by atoms with Crippen LogP contribution in [-0.4, -0.2) is 33.2 Å². The molecule has 9 heteroatoms.